The van der Waals surface area contributed by atoms with Crippen LogP contribution in [0.4, 0.5) is 18.9 Å². The quantitative estimate of drug-likeness (QED) is 0.238. The summed E-state index contributed by atoms with van der Waals surface area (Å²) in [6, 6.07) is 5.01. The van der Waals surface area contributed by atoms with Gasteiger partial charge in [0.15, 0.2) is 5.78 Å². The molecule has 0 aliphatic rings. The highest BCUT2D eigenvalue weighted by atomic mass is 19.4. The summed E-state index contributed by atoms with van der Waals surface area (Å²) in [5.74, 6) is 0.688. The molecular formula is C24H34F3N3O. The Morgan fingerprint density at radius 1 is 1.19 bits per heavy atom. The van der Waals surface area contributed by atoms with Gasteiger partial charge in [-0.2, -0.15) is 13.2 Å². The minimum absolute atomic E-state index is 0.106. The standard InChI is InChI=1S/C19H26F3N3.C5H8O/c1-5-8-16(7-3)25-18(23-13-6-2)14(4)24-17-11-9-15(10-12-17)19(20,21)22;1-3-5(6)4-2/h6,9-13,16,24H,4-5,7-8H2,1-3H3,(H,23,25);3H,1,4H2,2H3/b13-6-;. The van der Waals surface area contributed by atoms with Crippen LogP contribution in [0.2, 0.25) is 0 Å². The maximum atomic E-state index is 12.6. The third-order valence-corrected chi connectivity index (χ3v) is 4.16. The Kier molecular flexibility index (Phi) is 13.7. The largest absolute Gasteiger partial charge is 0.416 e. The molecule has 4 nitrogen and oxygen atoms in total. The van der Waals surface area contributed by atoms with Crippen LogP contribution in [0.15, 0.2) is 66.5 Å². The minimum atomic E-state index is -4.34. The number of allylic oxidation sites excluding steroid dienone is 2. The van der Waals surface area contributed by atoms with E-state index >= 15 is 0 Å². The third kappa shape index (κ3) is 11.8. The molecule has 1 atom stereocenters. The summed E-state index contributed by atoms with van der Waals surface area (Å²) in [6.07, 6.45) is 4.04. The van der Waals surface area contributed by atoms with Crippen molar-refractivity contribution >= 4 is 17.3 Å². The average molecular weight is 438 g/mol. The summed E-state index contributed by atoms with van der Waals surface area (Å²) in [5, 5.41) is 6.09. The molecule has 2 N–H and O–H groups in total. The zero-order valence-electron chi connectivity index (χ0n) is 18.9. The minimum Gasteiger partial charge on any atom is -0.353 e. The van der Waals surface area contributed by atoms with Crippen molar-refractivity contribution in [1.29, 1.82) is 0 Å². The van der Waals surface area contributed by atoms with Crippen LogP contribution in [0.5, 0.6) is 0 Å². The Morgan fingerprint density at radius 3 is 2.19 bits per heavy atom. The second-order valence-corrected chi connectivity index (χ2v) is 6.68. The number of hydrogen-bond acceptors (Lipinski definition) is 3. The Hall–Kier alpha value is -2.83. The number of amidine groups is 1. The Bertz CT molecular complexity index is 750. The molecule has 1 rings (SSSR count). The number of rotatable bonds is 10. The molecule has 0 radical (unpaired) electrons. The van der Waals surface area contributed by atoms with E-state index in [4.69, 9.17) is 0 Å². The summed E-state index contributed by atoms with van der Waals surface area (Å²) in [6.45, 7) is 15.1. The van der Waals surface area contributed by atoms with Crippen LogP contribution < -0.4 is 10.6 Å². The van der Waals surface area contributed by atoms with E-state index < -0.39 is 11.7 Å². The smallest absolute Gasteiger partial charge is 0.353 e. The summed E-state index contributed by atoms with van der Waals surface area (Å²) < 4.78 is 37.9. The first-order valence-electron chi connectivity index (χ1n) is 10.4. The van der Waals surface area contributed by atoms with Crippen molar-refractivity contribution in [2.24, 2.45) is 4.99 Å². The average Bonchev–Trinajstić information content (AvgIpc) is 2.75. The maximum absolute atomic E-state index is 12.6. The van der Waals surface area contributed by atoms with Crippen molar-refractivity contribution in [3.8, 4) is 0 Å². The van der Waals surface area contributed by atoms with E-state index in [0.29, 0.717) is 23.6 Å². The molecule has 0 spiro atoms. The van der Waals surface area contributed by atoms with E-state index in [2.05, 4.69) is 42.6 Å². The molecule has 0 aliphatic carbocycles. The van der Waals surface area contributed by atoms with Gasteiger partial charge in [0, 0.05) is 12.1 Å². The molecule has 31 heavy (non-hydrogen) atoms. The summed E-state index contributed by atoms with van der Waals surface area (Å²) in [4.78, 5) is 14.7. The zero-order valence-corrected chi connectivity index (χ0v) is 18.9. The molecule has 0 saturated carbocycles. The van der Waals surface area contributed by atoms with Gasteiger partial charge in [0.05, 0.1) is 17.3 Å². The molecule has 1 unspecified atom stereocenters. The number of nitrogens with zero attached hydrogens (tertiary/aromatic N) is 1. The molecule has 0 amide bonds. The van der Waals surface area contributed by atoms with Gasteiger partial charge < -0.3 is 10.6 Å². The lowest BCUT2D eigenvalue weighted by atomic mass is 10.1. The Morgan fingerprint density at radius 2 is 1.81 bits per heavy atom. The number of benzene rings is 1. The Labute approximate surface area is 184 Å². The molecule has 1 aromatic rings. The number of ketones is 1. The number of anilines is 1. The highest BCUT2D eigenvalue weighted by Crippen LogP contribution is 2.30. The summed E-state index contributed by atoms with van der Waals surface area (Å²) in [5.41, 5.74) is 0.350. The van der Waals surface area contributed by atoms with E-state index in [-0.39, 0.29) is 11.8 Å². The molecule has 1 aromatic carbocycles. The second-order valence-electron chi connectivity index (χ2n) is 6.68. The highest BCUT2D eigenvalue weighted by molar-refractivity contribution is 6.00. The number of nitrogens with one attached hydrogen (secondary N) is 2. The lowest BCUT2D eigenvalue weighted by Crippen LogP contribution is -2.26. The topological polar surface area (TPSA) is 53.5 Å². The van der Waals surface area contributed by atoms with Crippen LogP contribution in [0.1, 0.15) is 58.9 Å². The van der Waals surface area contributed by atoms with Crippen molar-refractivity contribution in [2.45, 2.75) is 65.6 Å². The highest BCUT2D eigenvalue weighted by Gasteiger charge is 2.29. The van der Waals surface area contributed by atoms with Crippen LogP contribution in [0, 0.1) is 0 Å². The van der Waals surface area contributed by atoms with Crippen molar-refractivity contribution in [3.63, 3.8) is 0 Å². The number of aliphatic imine (C=N–C) groups is 1. The van der Waals surface area contributed by atoms with Gasteiger partial charge in [0.25, 0.3) is 0 Å². The first-order chi connectivity index (χ1) is 14.6. The monoisotopic (exact) mass is 437 g/mol. The molecule has 0 aromatic heterocycles. The number of carbonyl (C=O) groups excluding carboxylic acids is 1. The van der Waals surface area contributed by atoms with Crippen LogP contribution in [0.3, 0.4) is 0 Å². The van der Waals surface area contributed by atoms with Crippen molar-refractivity contribution < 1.29 is 18.0 Å². The van der Waals surface area contributed by atoms with Gasteiger partial charge in [-0.05, 0) is 56.3 Å². The molecule has 0 bridgehead atoms. The number of halogens is 3. The molecule has 0 fully saturated rings. The van der Waals surface area contributed by atoms with Crippen molar-refractivity contribution in [1.82, 2.24) is 5.32 Å². The number of alkyl halides is 3. The Balaban J connectivity index is 0.00000131. The summed E-state index contributed by atoms with van der Waals surface area (Å²) in [7, 11) is 0. The molecular weight excluding hydrogens is 403 g/mol. The van der Waals surface area contributed by atoms with Gasteiger partial charge in [-0.3, -0.25) is 9.79 Å². The molecule has 0 saturated heterocycles. The normalized spacial score (nSPS) is 12.5. The lowest BCUT2D eigenvalue weighted by Gasteiger charge is -2.16. The number of carbonyl (C=O) groups is 1. The first kappa shape index (κ1) is 28.2. The number of hydrogen-bond donors (Lipinski definition) is 2. The second kappa shape index (κ2) is 15.0. The zero-order chi connectivity index (χ0) is 23.9. The van der Waals surface area contributed by atoms with Gasteiger partial charge in [-0.15, -0.1) is 0 Å². The summed E-state index contributed by atoms with van der Waals surface area (Å²) >= 11 is 0. The van der Waals surface area contributed by atoms with Gasteiger partial charge in [0.1, 0.15) is 5.84 Å². The SMILES string of the molecule is C=C(Nc1ccc(C(F)(F)F)cc1)C(=NC(CC)CCC)N/C=C\C.C=CC(=O)CC. The fourth-order valence-electron chi connectivity index (χ4n) is 2.36. The predicted octanol–water partition coefficient (Wildman–Crippen LogP) is 6.88. The third-order valence-electron chi connectivity index (χ3n) is 4.16. The van der Waals surface area contributed by atoms with E-state index in [0.717, 1.165) is 31.4 Å². The fourth-order valence-corrected chi connectivity index (χ4v) is 2.36. The van der Waals surface area contributed by atoms with E-state index in [9.17, 15) is 18.0 Å². The van der Waals surface area contributed by atoms with Gasteiger partial charge in [0.2, 0.25) is 0 Å². The van der Waals surface area contributed by atoms with Crippen molar-refractivity contribution in [2.75, 3.05) is 5.32 Å². The van der Waals surface area contributed by atoms with E-state index in [1.165, 1.54) is 18.2 Å². The van der Waals surface area contributed by atoms with Crippen LogP contribution in [-0.4, -0.2) is 17.7 Å². The molecule has 7 heteroatoms. The molecule has 0 heterocycles. The fraction of sp³-hybridized carbons (Fsp3) is 0.417. The van der Waals surface area contributed by atoms with Crippen molar-refractivity contribution in [3.05, 3.63) is 67.0 Å². The maximum Gasteiger partial charge on any atom is 0.416 e. The van der Waals surface area contributed by atoms with E-state index in [1.807, 2.05) is 19.9 Å². The van der Waals surface area contributed by atoms with E-state index in [1.54, 1.807) is 6.20 Å². The van der Waals surface area contributed by atoms with Gasteiger partial charge in [-0.1, -0.05) is 46.4 Å². The predicted molar refractivity (Wildman–Crippen MR) is 124 cm³/mol. The van der Waals surface area contributed by atoms with Gasteiger partial charge in [-0.25, -0.2) is 0 Å². The first-order valence-corrected chi connectivity index (χ1v) is 10.4. The van der Waals surface area contributed by atoms with Crippen LogP contribution in [-0.2, 0) is 11.0 Å². The molecule has 172 valence electrons. The van der Waals surface area contributed by atoms with Gasteiger partial charge >= 0.3 is 6.18 Å². The molecule has 0 aliphatic heterocycles. The van der Waals surface area contributed by atoms with Crippen LogP contribution in [0.25, 0.3) is 0 Å². The lowest BCUT2D eigenvalue weighted by molar-refractivity contribution is -0.137. The van der Waals surface area contributed by atoms with Crippen LogP contribution >= 0.6 is 0 Å².